The Hall–Kier alpha value is -2.02. The highest BCUT2D eigenvalue weighted by Gasteiger charge is 2.24. The molecule has 0 spiro atoms. The van der Waals surface area contributed by atoms with Crippen LogP contribution in [0.15, 0.2) is 18.2 Å². The first-order valence-corrected chi connectivity index (χ1v) is 7.56. The Labute approximate surface area is 136 Å². The van der Waals surface area contributed by atoms with E-state index in [1.807, 2.05) is 39.0 Å². The third kappa shape index (κ3) is 4.49. The predicted octanol–water partition coefficient (Wildman–Crippen LogP) is 2.50. The fraction of sp³-hybridized carbons (Fsp3) is 0.467. The summed E-state index contributed by atoms with van der Waals surface area (Å²) in [5, 5.41) is 6.44. The molecule has 0 unspecified atom stereocenters. The first kappa shape index (κ1) is 16.4. The van der Waals surface area contributed by atoms with Crippen molar-refractivity contribution < 1.29 is 9.53 Å². The van der Waals surface area contributed by atoms with Crippen LogP contribution in [0.2, 0.25) is 0 Å². The number of nitrogens with one attached hydrogen (secondary N) is 2. The molecule has 1 amide bonds. The Balaban J connectivity index is 2.13. The zero-order valence-electron chi connectivity index (χ0n) is 13.1. The molecule has 0 aliphatic carbocycles. The second kappa shape index (κ2) is 6.39. The summed E-state index contributed by atoms with van der Waals surface area (Å²) in [6, 6.07) is 5.77. The van der Waals surface area contributed by atoms with E-state index in [-0.39, 0.29) is 11.2 Å². The van der Waals surface area contributed by atoms with Gasteiger partial charge < -0.3 is 26.0 Å². The third-order valence-corrected chi connectivity index (χ3v) is 3.19. The van der Waals surface area contributed by atoms with Crippen LogP contribution in [0.5, 0.6) is 0 Å². The molecule has 6 nitrogen and oxygen atoms in total. The van der Waals surface area contributed by atoms with Crippen LogP contribution in [0, 0.1) is 0 Å². The number of ether oxygens (including phenoxy) is 1. The molecular formula is C15H22N4O2S. The van der Waals surface area contributed by atoms with Crippen molar-refractivity contribution in [1.29, 1.82) is 0 Å². The van der Waals surface area contributed by atoms with Crippen molar-refractivity contribution in [3.63, 3.8) is 0 Å². The molecule has 22 heavy (non-hydrogen) atoms. The van der Waals surface area contributed by atoms with Crippen molar-refractivity contribution in [2.24, 2.45) is 5.73 Å². The molecule has 120 valence electrons. The van der Waals surface area contributed by atoms with E-state index in [9.17, 15) is 4.79 Å². The van der Waals surface area contributed by atoms with Gasteiger partial charge in [-0.25, -0.2) is 4.79 Å². The van der Waals surface area contributed by atoms with Crippen LogP contribution in [-0.2, 0) is 11.3 Å². The van der Waals surface area contributed by atoms with Crippen LogP contribution in [0.3, 0.4) is 0 Å². The largest absolute Gasteiger partial charge is 0.444 e. The van der Waals surface area contributed by atoms with Crippen LogP contribution < -0.4 is 16.4 Å². The van der Waals surface area contributed by atoms with Gasteiger partial charge in [0.25, 0.3) is 0 Å². The lowest BCUT2D eigenvalue weighted by Crippen LogP contribution is -2.37. The van der Waals surface area contributed by atoms with Gasteiger partial charge in [-0.05, 0) is 50.7 Å². The number of thiocarbonyl (C=S) groups is 1. The van der Waals surface area contributed by atoms with Gasteiger partial charge in [0.05, 0.1) is 6.54 Å². The summed E-state index contributed by atoms with van der Waals surface area (Å²) in [6.45, 7) is 7.34. The van der Waals surface area contributed by atoms with Gasteiger partial charge in [0, 0.05) is 24.5 Å². The van der Waals surface area contributed by atoms with Crippen molar-refractivity contribution in [3.8, 4) is 0 Å². The molecule has 0 saturated carbocycles. The fourth-order valence-electron chi connectivity index (χ4n) is 2.19. The molecule has 1 aliphatic heterocycles. The van der Waals surface area contributed by atoms with Gasteiger partial charge in [-0.1, -0.05) is 6.07 Å². The van der Waals surface area contributed by atoms with E-state index in [1.165, 1.54) is 0 Å². The zero-order valence-corrected chi connectivity index (χ0v) is 13.9. The first-order valence-electron chi connectivity index (χ1n) is 7.16. The van der Waals surface area contributed by atoms with Gasteiger partial charge in [0.15, 0.2) is 5.11 Å². The second-order valence-corrected chi connectivity index (χ2v) is 6.63. The summed E-state index contributed by atoms with van der Waals surface area (Å²) in [6.07, 6.45) is -0.299. The Bertz CT molecular complexity index is 583. The summed E-state index contributed by atoms with van der Waals surface area (Å²) in [5.41, 5.74) is 7.80. The van der Waals surface area contributed by atoms with Crippen molar-refractivity contribution in [2.45, 2.75) is 32.9 Å². The van der Waals surface area contributed by atoms with E-state index < -0.39 is 5.60 Å². The Kier molecular flexibility index (Phi) is 4.75. The minimum absolute atomic E-state index is 0.226. The fourth-order valence-corrected chi connectivity index (χ4v) is 2.31. The number of benzene rings is 1. The number of nitrogens with zero attached hydrogens (tertiary/aromatic N) is 1. The highest BCUT2D eigenvalue weighted by molar-refractivity contribution is 7.80. The number of hydrogen-bond donors (Lipinski definition) is 3. The zero-order chi connectivity index (χ0) is 16.3. The molecule has 0 radical (unpaired) electrons. The van der Waals surface area contributed by atoms with Gasteiger partial charge >= 0.3 is 6.09 Å². The Morgan fingerprint density at radius 2 is 2.18 bits per heavy atom. The van der Waals surface area contributed by atoms with Crippen molar-refractivity contribution in [2.75, 3.05) is 23.7 Å². The summed E-state index contributed by atoms with van der Waals surface area (Å²) in [4.78, 5) is 13.9. The average molecular weight is 322 g/mol. The Morgan fingerprint density at radius 1 is 1.45 bits per heavy atom. The summed E-state index contributed by atoms with van der Waals surface area (Å²) in [5.74, 6) is 0. The normalized spacial score (nSPS) is 14.4. The topological polar surface area (TPSA) is 79.6 Å². The molecule has 1 aliphatic rings. The molecule has 0 aromatic heterocycles. The van der Waals surface area contributed by atoms with Crippen LogP contribution in [0.4, 0.5) is 16.2 Å². The minimum atomic E-state index is -0.496. The van der Waals surface area contributed by atoms with Crippen LogP contribution >= 0.6 is 12.2 Å². The van der Waals surface area contributed by atoms with Crippen molar-refractivity contribution in [1.82, 2.24) is 4.90 Å². The second-order valence-electron chi connectivity index (χ2n) is 6.19. The number of hydrogen-bond acceptors (Lipinski definition) is 4. The number of amides is 1. The molecule has 4 N–H and O–H groups in total. The minimum Gasteiger partial charge on any atom is -0.444 e. The molecule has 2 rings (SSSR count). The number of anilines is 2. The highest BCUT2D eigenvalue weighted by atomic mass is 32.1. The number of rotatable bonds is 1. The van der Waals surface area contributed by atoms with E-state index in [0.29, 0.717) is 19.6 Å². The van der Waals surface area contributed by atoms with Gasteiger partial charge in [0.1, 0.15) is 5.60 Å². The van der Waals surface area contributed by atoms with Gasteiger partial charge in [-0.2, -0.15) is 0 Å². The number of nitrogens with two attached hydrogens (primary N) is 1. The van der Waals surface area contributed by atoms with Crippen molar-refractivity contribution >= 4 is 34.8 Å². The number of carbonyl (C=O) groups excluding carboxylic acids is 1. The Morgan fingerprint density at radius 3 is 2.82 bits per heavy atom. The first-order chi connectivity index (χ1) is 10.2. The third-order valence-electron chi connectivity index (χ3n) is 3.09. The maximum atomic E-state index is 12.2. The average Bonchev–Trinajstić information content (AvgIpc) is 2.57. The quantitative estimate of drug-likeness (QED) is 0.690. The van der Waals surface area contributed by atoms with E-state index in [4.69, 9.17) is 22.7 Å². The molecular weight excluding hydrogens is 300 g/mol. The van der Waals surface area contributed by atoms with Crippen LogP contribution in [0.25, 0.3) is 0 Å². The molecule has 0 bridgehead atoms. The van der Waals surface area contributed by atoms with Gasteiger partial charge in [-0.3, -0.25) is 0 Å². The SMILES string of the molecule is CC(C)(C)OC(=O)N1CCNc2cc(NC(N)=S)ccc2C1. The summed E-state index contributed by atoms with van der Waals surface area (Å²) < 4.78 is 5.44. The van der Waals surface area contributed by atoms with Crippen LogP contribution in [0.1, 0.15) is 26.3 Å². The van der Waals surface area contributed by atoms with Crippen LogP contribution in [-0.4, -0.2) is 34.8 Å². The molecule has 0 fully saturated rings. The molecule has 0 atom stereocenters. The summed E-state index contributed by atoms with van der Waals surface area (Å²) in [7, 11) is 0. The monoisotopic (exact) mass is 322 g/mol. The smallest absolute Gasteiger partial charge is 0.410 e. The lowest BCUT2D eigenvalue weighted by Gasteiger charge is -2.26. The molecule has 1 heterocycles. The lowest BCUT2D eigenvalue weighted by molar-refractivity contribution is 0.0245. The number of carbonyl (C=O) groups is 1. The molecule has 0 saturated heterocycles. The maximum Gasteiger partial charge on any atom is 0.410 e. The van der Waals surface area contributed by atoms with Crippen molar-refractivity contribution in [3.05, 3.63) is 23.8 Å². The van der Waals surface area contributed by atoms with E-state index in [2.05, 4.69) is 10.6 Å². The van der Waals surface area contributed by atoms with E-state index >= 15 is 0 Å². The standard InChI is InChI=1S/C15H22N4O2S/c1-15(2,3)21-14(20)19-7-6-17-12-8-11(18-13(16)22)5-4-10(12)9-19/h4-5,8,17H,6-7,9H2,1-3H3,(H3,16,18,22). The molecule has 7 heteroatoms. The number of fused-ring (bicyclic) bond motifs is 1. The summed E-state index contributed by atoms with van der Waals surface area (Å²) >= 11 is 4.84. The van der Waals surface area contributed by atoms with Gasteiger partial charge in [0.2, 0.25) is 0 Å². The molecule has 1 aromatic carbocycles. The van der Waals surface area contributed by atoms with E-state index in [1.54, 1.807) is 4.90 Å². The predicted molar refractivity (Wildman–Crippen MR) is 92.0 cm³/mol. The molecule has 1 aromatic rings. The van der Waals surface area contributed by atoms with Gasteiger partial charge in [-0.15, -0.1) is 0 Å². The lowest BCUT2D eigenvalue weighted by atomic mass is 10.1. The maximum absolute atomic E-state index is 12.2. The van der Waals surface area contributed by atoms with E-state index in [0.717, 1.165) is 16.9 Å². The highest BCUT2D eigenvalue weighted by Crippen LogP contribution is 2.25.